The van der Waals surface area contributed by atoms with Crippen molar-refractivity contribution in [1.29, 1.82) is 0 Å². The molecule has 0 unspecified atom stereocenters. The van der Waals surface area contributed by atoms with E-state index in [1.54, 1.807) is 0 Å². The van der Waals surface area contributed by atoms with Crippen molar-refractivity contribution >= 4 is 70.5 Å². The summed E-state index contributed by atoms with van der Waals surface area (Å²) in [6.45, 7) is 0. The lowest BCUT2D eigenvalue weighted by molar-refractivity contribution is 0.669. The fourth-order valence-electron chi connectivity index (χ4n) is 7.51. The first-order valence-corrected chi connectivity index (χ1v) is 18.1. The van der Waals surface area contributed by atoms with E-state index in [0.29, 0.717) is 0 Å². The van der Waals surface area contributed by atoms with Crippen molar-refractivity contribution < 1.29 is 4.42 Å². The Morgan fingerprint density at radius 1 is 0.412 bits per heavy atom. The molecule has 0 radical (unpaired) electrons. The fourth-order valence-corrected chi connectivity index (χ4v) is 8.75. The zero-order valence-electron chi connectivity index (χ0n) is 27.7. The van der Waals surface area contributed by atoms with Gasteiger partial charge in [-0.2, -0.15) is 0 Å². The summed E-state index contributed by atoms with van der Waals surface area (Å²) in [7, 11) is 0. The van der Waals surface area contributed by atoms with Crippen LogP contribution >= 0.6 is 11.3 Å². The first-order chi connectivity index (χ1) is 25.3. The van der Waals surface area contributed by atoms with E-state index in [2.05, 4.69) is 187 Å². The molecule has 0 atom stereocenters. The van der Waals surface area contributed by atoms with Gasteiger partial charge >= 0.3 is 0 Å². The first kappa shape index (κ1) is 29.5. The van der Waals surface area contributed by atoms with Crippen LogP contribution in [-0.2, 0) is 0 Å². The molecule has 0 aliphatic heterocycles. The molecule has 10 aromatic rings. The molecule has 0 aliphatic rings. The van der Waals surface area contributed by atoms with Crippen LogP contribution in [0.25, 0.3) is 75.5 Å². The molecular weight excluding hydrogens is 639 g/mol. The van der Waals surface area contributed by atoms with Crippen molar-refractivity contribution in [3.05, 3.63) is 188 Å². The zero-order valence-corrected chi connectivity index (χ0v) is 28.5. The van der Waals surface area contributed by atoms with E-state index in [0.717, 1.165) is 50.1 Å². The van der Waals surface area contributed by atoms with E-state index in [4.69, 9.17) is 4.42 Å². The van der Waals surface area contributed by atoms with Crippen molar-refractivity contribution in [3.63, 3.8) is 0 Å². The number of anilines is 3. The zero-order chi connectivity index (χ0) is 33.7. The van der Waals surface area contributed by atoms with Gasteiger partial charge in [-0.05, 0) is 70.3 Å². The van der Waals surface area contributed by atoms with Gasteiger partial charge in [-0.25, -0.2) is 0 Å². The monoisotopic (exact) mass is 669 g/mol. The Morgan fingerprint density at radius 3 is 1.71 bits per heavy atom. The topological polar surface area (TPSA) is 16.4 Å². The summed E-state index contributed by atoms with van der Waals surface area (Å²) in [5, 5.41) is 4.72. The van der Waals surface area contributed by atoms with Gasteiger partial charge in [0.1, 0.15) is 11.2 Å². The third-order valence-corrected chi connectivity index (χ3v) is 11.0. The number of para-hydroxylation sites is 1. The molecule has 51 heavy (non-hydrogen) atoms. The average molecular weight is 670 g/mol. The number of nitrogens with zero attached hydrogens (tertiary/aromatic N) is 1. The molecule has 0 amide bonds. The van der Waals surface area contributed by atoms with Crippen LogP contribution in [0.5, 0.6) is 0 Å². The Bertz CT molecular complexity index is 2790. The Morgan fingerprint density at radius 2 is 1.00 bits per heavy atom. The number of hydrogen-bond donors (Lipinski definition) is 0. The summed E-state index contributed by atoms with van der Waals surface area (Å²) in [6, 6.07) is 67.5. The summed E-state index contributed by atoms with van der Waals surface area (Å²) >= 11 is 1.86. The minimum absolute atomic E-state index is 0.867. The summed E-state index contributed by atoms with van der Waals surface area (Å²) in [5.41, 5.74) is 12.1. The van der Waals surface area contributed by atoms with Crippen LogP contribution in [0, 0.1) is 0 Å². The lowest BCUT2D eigenvalue weighted by Crippen LogP contribution is -2.12. The number of fused-ring (bicyclic) bond motifs is 6. The molecule has 0 aliphatic carbocycles. The maximum Gasteiger partial charge on any atom is 0.137 e. The highest BCUT2D eigenvalue weighted by Crippen LogP contribution is 2.52. The summed E-state index contributed by atoms with van der Waals surface area (Å²) < 4.78 is 9.04. The van der Waals surface area contributed by atoms with E-state index in [-0.39, 0.29) is 0 Å². The largest absolute Gasteiger partial charge is 0.456 e. The van der Waals surface area contributed by atoms with Gasteiger partial charge in [0, 0.05) is 32.1 Å². The van der Waals surface area contributed by atoms with Gasteiger partial charge in [0.15, 0.2) is 0 Å². The van der Waals surface area contributed by atoms with Crippen LogP contribution in [0.15, 0.2) is 192 Å². The smallest absolute Gasteiger partial charge is 0.137 e. The van der Waals surface area contributed by atoms with Crippen molar-refractivity contribution in [2.45, 2.75) is 0 Å². The van der Waals surface area contributed by atoms with Crippen LogP contribution in [0.2, 0.25) is 0 Å². The van der Waals surface area contributed by atoms with E-state index < -0.39 is 0 Å². The highest BCUT2D eigenvalue weighted by atomic mass is 32.1. The molecule has 240 valence electrons. The molecule has 0 fully saturated rings. The Balaban J connectivity index is 1.38. The first-order valence-electron chi connectivity index (χ1n) is 17.3. The quantitative estimate of drug-likeness (QED) is 0.175. The lowest BCUT2D eigenvalue weighted by atomic mass is 9.95. The summed E-state index contributed by atoms with van der Waals surface area (Å²) in [5.74, 6) is 0. The van der Waals surface area contributed by atoms with Crippen molar-refractivity contribution in [1.82, 2.24) is 0 Å². The number of furan rings is 1. The molecule has 2 heterocycles. The van der Waals surface area contributed by atoms with Gasteiger partial charge < -0.3 is 9.32 Å². The van der Waals surface area contributed by atoms with E-state index >= 15 is 0 Å². The van der Waals surface area contributed by atoms with Crippen LogP contribution in [0.4, 0.5) is 17.1 Å². The molecule has 8 aromatic carbocycles. The second kappa shape index (κ2) is 12.2. The Labute approximate surface area is 300 Å². The van der Waals surface area contributed by atoms with E-state index in [9.17, 15) is 0 Å². The second-order valence-electron chi connectivity index (χ2n) is 12.9. The number of rotatable bonds is 6. The maximum atomic E-state index is 6.53. The van der Waals surface area contributed by atoms with Crippen molar-refractivity contribution in [3.8, 4) is 33.4 Å². The molecule has 0 spiro atoms. The standard InChI is InChI=1S/C48H31NOS/c1-4-15-32(16-5-1)35-29-36(33-17-6-2-7-18-33)31-37(30-35)49(42-23-14-25-44-46(42)41-22-10-12-24-43(41)50-44)47-38(34-19-8-3-9-20-34)27-28-40-39-21-11-13-26-45(39)51-48(40)47/h1-31H. The summed E-state index contributed by atoms with van der Waals surface area (Å²) in [4.78, 5) is 2.50. The molecule has 0 saturated heterocycles. The SMILES string of the molecule is c1ccc(-c2cc(-c3ccccc3)cc(N(c3c(-c4ccccc4)ccc4c3sc3ccccc34)c3cccc4oc5ccccc5c34)c2)cc1. The molecule has 0 bridgehead atoms. The molecule has 0 N–H and O–H groups in total. The van der Waals surface area contributed by atoms with Crippen LogP contribution < -0.4 is 4.90 Å². The van der Waals surface area contributed by atoms with Gasteiger partial charge in [0.25, 0.3) is 0 Å². The molecule has 10 rings (SSSR count). The second-order valence-corrected chi connectivity index (χ2v) is 13.9. The predicted octanol–water partition coefficient (Wildman–Crippen LogP) is 14.4. The highest BCUT2D eigenvalue weighted by molar-refractivity contribution is 7.26. The highest BCUT2D eigenvalue weighted by Gasteiger charge is 2.26. The lowest BCUT2D eigenvalue weighted by Gasteiger charge is -2.30. The minimum atomic E-state index is 0.867. The van der Waals surface area contributed by atoms with Gasteiger partial charge in [-0.1, -0.05) is 146 Å². The van der Waals surface area contributed by atoms with Gasteiger partial charge in [0.2, 0.25) is 0 Å². The van der Waals surface area contributed by atoms with Crippen LogP contribution in [0.3, 0.4) is 0 Å². The molecule has 2 aromatic heterocycles. The fraction of sp³-hybridized carbons (Fsp3) is 0. The number of benzene rings is 8. The third kappa shape index (κ3) is 5.01. The van der Waals surface area contributed by atoms with Crippen molar-refractivity contribution in [2.24, 2.45) is 0 Å². The normalized spacial score (nSPS) is 11.5. The minimum Gasteiger partial charge on any atom is -0.456 e. The maximum absolute atomic E-state index is 6.53. The number of thiophene rings is 1. The van der Waals surface area contributed by atoms with E-state index in [1.165, 1.54) is 42.4 Å². The predicted molar refractivity (Wildman–Crippen MR) is 218 cm³/mol. The van der Waals surface area contributed by atoms with Gasteiger partial charge in [-0.15, -0.1) is 11.3 Å². The third-order valence-electron chi connectivity index (χ3n) is 9.84. The Hall–Kier alpha value is -6.42. The average Bonchev–Trinajstić information content (AvgIpc) is 3.78. The number of hydrogen-bond acceptors (Lipinski definition) is 3. The van der Waals surface area contributed by atoms with Crippen LogP contribution in [0.1, 0.15) is 0 Å². The van der Waals surface area contributed by atoms with Crippen molar-refractivity contribution in [2.75, 3.05) is 4.90 Å². The Kier molecular flexibility index (Phi) is 7.04. The van der Waals surface area contributed by atoms with Crippen LogP contribution in [-0.4, -0.2) is 0 Å². The van der Waals surface area contributed by atoms with E-state index in [1.807, 2.05) is 17.4 Å². The molecule has 3 heteroatoms. The van der Waals surface area contributed by atoms with Gasteiger partial charge in [0.05, 0.1) is 21.5 Å². The molecule has 0 saturated carbocycles. The molecular formula is C48H31NOS. The van der Waals surface area contributed by atoms with Gasteiger partial charge in [-0.3, -0.25) is 0 Å². The summed E-state index contributed by atoms with van der Waals surface area (Å²) in [6.07, 6.45) is 0. The molecule has 2 nitrogen and oxygen atoms in total.